The number of aryl methyl sites for hydroxylation is 1. The van der Waals surface area contributed by atoms with Gasteiger partial charge in [0.2, 0.25) is 0 Å². The van der Waals surface area contributed by atoms with Gasteiger partial charge >= 0.3 is 0 Å². The molecule has 1 aliphatic rings. The van der Waals surface area contributed by atoms with Gasteiger partial charge in [-0.05, 0) is 55.2 Å². The Kier molecular flexibility index (Phi) is 4.25. The summed E-state index contributed by atoms with van der Waals surface area (Å²) in [6.07, 6.45) is 3.47. The first-order chi connectivity index (χ1) is 10.6. The SMILES string of the molecule is Cc1ccc(-c2ccc(C3CCC(O)CC3)cc2)c(F)c1F. The Balaban J connectivity index is 1.84. The monoisotopic (exact) mass is 302 g/mol. The summed E-state index contributed by atoms with van der Waals surface area (Å²) < 4.78 is 27.7. The Morgan fingerprint density at radius 2 is 1.50 bits per heavy atom. The van der Waals surface area contributed by atoms with Gasteiger partial charge < -0.3 is 5.11 Å². The van der Waals surface area contributed by atoms with E-state index < -0.39 is 11.6 Å². The lowest BCUT2D eigenvalue weighted by Gasteiger charge is -2.25. The topological polar surface area (TPSA) is 20.2 Å². The van der Waals surface area contributed by atoms with Gasteiger partial charge in [-0.2, -0.15) is 0 Å². The average Bonchev–Trinajstić information content (AvgIpc) is 2.54. The van der Waals surface area contributed by atoms with Crippen LogP contribution >= 0.6 is 0 Å². The summed E-state index contributed by atoms with van der Waals surface area (Å²) in [5.74, 6) is -1.10. The molecule has 0 heterocycles. The normalized spacial score (nSPS) is 21.8. The fourth-order valence-corrected chi connectivity index (χ4v) is 3.21. The van der Waals surface area contributed by atoms with Gasteiger partial charge in [-0.3, -0.25) is 0 Å². The van der Waals surface area contributed by atoms with Crippen LogP contribution in [0.3, 0.4) is 0 Å². The fourth-order valence-electron chi connectivity index (χ4n) is 3.21. The highest BCUT2D eigenvalue weighted by Crippen LogP contribution is 2.34. The van der Waals surface area contributed by atoms with Gasteiger partial charge in [0.05, 0.1) is 6.10 Å². The zero-order chi connectivity index (χ0) is 15.7. The third-order valence-electron chi connectivity index (χ3n) is 4.67. The van der Waals surface area contributed by atoms with E-state index in [1.807, 2.05) is 24.3 Å². The van der Waals surface area contributed by atoms with Gasteiger partial charge in [0.25, 0.3) is 0 Å². The van der Waals surface area contributed by atoms with Crippen LogP contribution in [0.4, 0.5) is 8.78 Å². The lowest BCUT2D eigenvalue weighted by atomic mass is 9.82. The molecule has 3 rings (SSSR count). The summed E-state index contributed by atoms with van der Waals surface area (Å²) in [6.45, 7) is 1.56. The van der Waals surface area contributed by atoms with Gasteiger partial charge in [-0.1, -0.05) is 36.4 Å². The molecule has 1 saturated carbocycles. The van der Waals surface area contributed by atoms with E-state index in [-0.39, 0.29) is 6.10 Å². The molecule has 116 valence electrons. The van der Waals surface area contributed by atoms with Gasteiger partial charge in [-0.15, -0.1) is 0 Å². The largest absolute Gasteiger partial charge is 0.393 e. The fraction of sp³-hybridized carbons (Fsp3) is 0.368. The highest BCUT2D eigenvalue weighted by Gasteiger charge is 2.21. The number of hydrogen-bond acceptors (Lipinski definition) is 1. The highest BCUT2D eigenvalue weighted by atomic mass is 19.2. The molecule has 1 N–H and O–H groups in total. The van der Waals surface area contributed by atoms with E-state index in [0.29, 0.717) is 22.6 Å². The van der Waals surface area contributed by atoms with Crippen LogP contribution in [-0.2, 0) is 0 Å². The van der Waals surface area contributed by atoms with Crippen molar-refractivity contribution in [2.75, 3.05) is 0 Å². The molecule has 22 heavy (non-hydrogen) atoms. The van der Waals surface area contributed by atoms with Crippen molar-refractivity contribution in [3.05, 3.63) is 59.2 Å². The first-order valence-electron chi connectivity index (χ1n) is 7.79. The second kappa shape index (κ2) is 6.17. The van der Waals surface area contributed by atoms with E-state index in [2.05, 4.69) is 0 Å². The van der Waals surface area contributed by atoms with Crippen LogP contribution in [0.2, 0.25) is 0 Å². The molecule has 0 amide bonds. The maximum Gasteiger partial charge on any atom is 0.166 e. The van der Waals surface area contributed by atoms with Crippen LogP contribution in [0.1, 0.15) is 42.7 Å². The molecule has 2 aromatic rings. The molecule has 0 aliphatic heterocycles. The summed E-state index contributed by atoms with van der Waals surface area (Å²) in [7, 11) is 0. The first kappa shape index (κ1) is 15.2. The molecule has 1 fully saturated rings. The minimum Gasteiger partial charge on any atom is -0.393 e. The smallest absolute Gasteiger partial charge is 0.166 e. The lowest BCUT2D eigenvalue weighted by molar-refractivity contribution is 0.122. The summed E-state index contributed by atoms with van der Waals surface area (Å²) in [5, 5.41) is 9.57. The van der Waals surface area contributed by atoms with Crippen molar-refractivity contribution >= 4 is 0 Å². The zero-order valence-electron chi connectivity index (χ0n) is 12.7. The average molecular weight is 302 g/mol. The second-order valence-electron chi connectivity index (χ2n) is 6.19. The quantitative estimate of drug-likeness (QED) is 0.831. The van der Waals surface area contributed by atoms with E-state index in [1.165, 1.54) is 5.56 Å². The number of aliphatic hydroxyl groups is 1. The van der Waals surface area contributed by atoms with Crippen molar-refractivity contribution in [3.63, 3.8) is 0 Å². The zero-order valence-corrected chi connectivity index (χ0v) is 12.7. The van der Waals surface area contributed by atoms with Crippen LogP contribution in [0.15, 0.2) is 36.4 Å². The molecule has 3 heteroatoms. The van der Waals surface area contributed by atoms with Crippen molar-refractivity contribution in [1.29, 1.82) is 0 Å². The molecule has 0 unspecified atom stereocenters. The standard InChI is InChI=1S/C19H20F2O/c1-12-2-11-17(19(21)18(12)20)15-5-3-13(4-6-15)14-7-9-16(22)10-8-14/h2-6,11,14,16,22H,7-10H2,1H3. The second-order valence-corrected chi connectivity index (χ2v) is 6.19. The van der Waals surface area contributed by atoms with Gasteiger partial charge in [-0.25, -0.2) is 8.78 Å². The van der Waals surface area contributed by atoms with Crippen molar-refractivity contribution < 1.29 is 13.9 Å². The molecule has 1 nitrogen and oxygen atoms in total. The number of hydrogen-bond donors (Lipinski definition) is 1. The van der Waals surface area contributed by atoms with E-state index in [1.54, 1.807) is 19.1 Å². The summed E-state index contributed by atoms with van der Waals surface area (Å²) >= 11 is 0. The minimum absolute atomic E-state index is 0.167. The van der Waals surface area contributed by atoms with Crippen LogP contribution < -0.4 is 0 Å². The van der Waals surface area contributed by atoms with Crippen molar-refractivity contribution in [2.45, 2.75) is 44.6 Å². The maximum absolute atomic E-state index is 14.0. The lowest BCUT2D eigenvalue weighted by Crippen LogP contribution is -2.16. The van der Waals surface area contributed by atoms with E-state index in [4.69, 9.17) is 0 Å². The molecular weight excluding hydrogens is 282 g/mol. The number of halogens is 2. The number of benzene rings is 2. The summed E-state index contributed by atoms with van der Waals surface area (Å²) in [6, 6.07) is 10.9. The molecule has 0 saturated heterocycles. The van der Waals surface area contributed by atoms with Crippen LogP contribution in [-0.4, -0.2) is 11.2 Å². The van der Waals surface area contributed by atoms with E-state index in [0.717, 1.165) is 25.7 Å². The van der Waals surface area contributed by atoms with Crippen LogP contribution in [0.5, 0.6) is 0 Å². The Labute approximate surface area is 129 Å². The van der Waals surface area contributed by atoms with Gasteiger partial charge in [0.15, 0.2) is 11.6 Å². The highest BCUT2D eigenvalue weighted by molar-refractivity contribution is 5.65. The summed E-state index contributed by atoms with van der Waals surface area (Å²) in [5.41, 5.74) is 2.52. The molecule has 0 spiro atoms. The molecule has 0 bridgehead atoms. The minimum atomic E-state index is -0.784. The van der Waals surface area contributed by atoms with Gasteiger partial charge in [0.1, 0.15) is 0 Å². The predicted molar refractivity (Wildman–Crippen MR) is 83.7 cm³/mol. The Morgan fingerprint density at radius 3 is 2.14 bits per heavy atom. The molecule has 0 radical (unpaired) electrons. The Bertz CT molecular complexity index is 656. The molecule has 0 atom stereocenters. The van der Waals surface area contributed by atoms with Crippen molar-refractivity contribution in [3.8, 4) is 11.1 Å². The molecule has 1 aliphatic carbocycles. The van der Waals surface area contributed by atoms with Crippen molar-refractivity contribution in [2.24, 2.45) is 0 Å². The van der Waals surface area contributed by atoms with Crippen LogP contribution in [0, 0.1) is 18.6 Å². The molecular formula is C19H20F2O. The first-order valence-corrected chi connectivity index (χ1v) is 7.79. The Morgan fingerprint density at radius 1 is 0.864 bits per heavy atom. The summed E-state index contributed by atoms with van der Waals surface area (Å²) in [4.78, 5) is 0. The third-order valence-corrected chi connectivity index (χ3v) is 4.67. The number of rotatable bonds is 2. The van der Waals surface area contributed by atoms with Crippen molar-refractivity contribution in [1.82, 2.24) is 0 Å². The van der Waals surface area contributed by atoms with Crippen LogP contribution in [0.25, 0.3) is 11.1 Å². The molecule has 0 aromatic heterocycles. The third kappa shape index (κ3) is 2.91. The molecule has 2 aromatic carbocycles. The Hall–Kier alpha value is -1.74. The van der Waals surface area contributed by atoms with Gasteiger partial charge in [0, 0.05) is 5.56 Å². The number of aliphatic hydroxyl groups excluding tert-OH is 1. The maximum atomic E-state index is 14.0. The van der Waals surface area contributed by atoms with E-state index >= 15 is 0 Å². The predicted octanol–water partition coefficient (Wildman–Crippen LogP) is 4.96. The van der Waals surface area contributed by atoms with E-state index in [9.17, 15) is 13.9 Å².